The van der Waals surface area contributed by atoms with E-state index in [4.69, 9.17) is 11.6 Å². The van der Waals surface area contributed by atoms with Gasteiger partial charge in [0, 0.05) is 38.0 Å². The number of carbonyl (C=O) groups is 2. The van der Waals surface area contributed by atoms with Crippen LogP contribution in [0.25, 0.3) is 0 Å². The van der Waals surface area contributed by atoms with Gasteiger partial charge in [-0.25, -0.2) is 0 Å². The van der Waals surface area contributed by atoms with Crippen LogP contribution in [-0.2, 0) is 22.6 Å². The Kier molecular flexibility index (Phi) is 7.48. The Hall–Kier alpha value is -2.33. The number of carbonyl (C=O) groups excluding carboxylic acids is 2. The first-order chi connectivity index (χ1) is 12.1. The SMILES string of the molecule is CC(=O)N(CCC(=O)NCCc1ccccc1)Cc1ccccc1Cl. The highest BCUT2D eigenvalue weighted by molar-refractivity contribution is 6.31. The van der Waals surface area contributed by atoms with Crippen molar-refractivity contribution in [2.24, 2.45) is 0 Å². The van der Waals surface area contributed by atoms with E-state index in [1.807, 2.05) is 48.5 Å². The summed E-state index contributed by atoms with van der Waals surface area (Å²) in [6.45, 7) is 2.88. The van der Waals surface area contributed by atoms with Crippen molar-refractivity contribution in [1.29, 1.82) is 0 Å². The van der Waals surface area contributed by atoms with Crippen molar-refractivity contribution in [3.8, 4) is 0 Å². The van der Waals surface area contributed by atoms with Crippen molar-refractivity contribution >= 4 is 23.4 Å². The summed E-state index contributed by atoms with van der Waals surface area (Å²) in [5.74, 6) is -0.127. The molecule has 25 heavy (non-hydrogen) atoms. The molecule has 5 heteroatoms. The van der Waals surface area contributed by atoms with Crippen LogP contribution in [0.1, 0.15) is 24.5 Å². The maximum atomic E-state index is 12.0. The Morgan fingerprint density at radius 2 is 1.72 bits per heavy atom. The third-order valence-electron chi connectivity index (χ3n) is 3.95. The van der Waals surface area contributed by atoms with E-state index in [2.05, 4.69) is 5.32 Å². The van der Waals surface area contributed by atoms with Crippen molar-refractivity contribution < 1.29 is 9.59 Å². The van der Waals surface area contributed by atoms with Crippen LogP contribution in [0, 0.1) is 0 Å². The maximum Gasteiger partial charge on any atom is 0.221 e. The third-order valence-corrected chi connectivity index (χ3v) is 4.32. The van der Waals surface area contributed by atoms with Gasteiger partial charge in [0.2, 0.25) is 11.8 Å². The number of rotatable bonds is 8. The van der Waals surface area contributed by atoms with Gasteiger partial charge < -0.3 is 10.2 Å². The second-order valence-corrected chi connectivity index (χ2v) is 6.27. The Balaban J connectivity index is 1.77. The fourth-order valence-corrected chi connectivity index (χ4v) is 2.69. The van der Waals surface area contributed by atoms with E-state index in [1.54, 1.807) is 11.0 Å². The molecule has 0 bridgehead atoms. The Bertz CT molecular complexity index is 704. The minimum absolute atomic E-state index is 0.0543. The van der Waals surface area contributed by atoms with Gasteiger partial charge in [0.15, 0.2) is 0 Å². The summed E-state index contributed by atoms with van der Waals surface area (Å²) in [4.78, 5) is 25.5. The molecule has 2 rings (SSSR count). The topological polar surface area (TPSA) is 49.4 Å². The lowest BCUT2D eigenvalue weighted by Gasteiger charge is -2.21. The van der Waals surface area contributed by atoms with E-state index in [0.29, 0.717) is 24.7 Å². The summed E-state index contributed by atoms with van der Waals surface area (Å²) in [6, 6.07) is 17.4. The molecule has 0 aromatic heterocycles. The molecule has 0 atom stereocenters. The van der Waals surface area contributed by atoms with Crippen LogP contribution in [0.5, 0.6) is 0 Å². The molecule has 2 aromatic rings. The normalized spacial score (nSPS) is 10.3. The molecule has 2 aromatic carbocycles. The standard InChI is InChI=1S/C20H23ClN2O2/c1-16(24)23(15-18-9-5-6-10-19(18)21)14-12-20(25)22-13-11-17-7-3-2-4-8-17/h2-10H,11-15H2,1H3,(H,22,25). The minimum atomic E-state index is -0.0722. The van der Waals surface area contributed by atoms with Gasteiger partial charge in [-0.2, -0.15) is 0 Å². The zero-order valence-corrected chi connectivity index (χ0v) is 15.1. The molecule has 0 aliphatic heterocycles. The summed E-state index contributed by atoms with van der Waals surface area (Å²) in [7, 11) is 0. The molecule has 0 fully saturated rings. The number of hydrogen-bond donors (Lipinski definition) is 1. The van der Waals surface area contributed by atoms with Gasteiger partial charge in [-0.15, -0.1) is 0 Å². The highest BCUT2D eigenvalue weighted by atomic mass is 35.5. The summed E-state index contributed by atoms with van der Waals surface area (Å²) >= 11 is 6.15. The van der Waals surface area contributed by atoms with Crippen LogP contribution in [0.4, 0.5) is 0 Å². The van der Waals surface area contributed by atoms with Crippen molar-refractivity contribution in [2.75, 3.05) is 13.1 Å². The minimum Gasteiger partial charge on any atom is -0.356 e. The molecule has 2 amide bonds. The first-order valence-corrected chi connectivity index (χ1v) is 8.73. The Morgan fingerprint density at radius 1 is 1.04 bits per heavy atom. The van der Waals surface area contributed by atoms with Crippen LogP contribution in [0.2, 0.25) is 5.02 Å². The number of amides is 2. The predicted molar refractivity (Wildman–Crippen MR) is 100 cm³/mol. The average Bonchev–Trinajstić information content (AvgIpc) is 2.60. The highest BCUT2D eigenvalue weighted by Crippen LogP contribution is 2.17. The largest absolute Gasteiger partial charge is 0.356 e. The molecule has 0 spiro atoms. The van der Waals surface area contributed by atoms with Crippen LogP contribution in [0.3, 0.4) is 0 Å². The molecule has 0 aliphatic carbocycles. The van der Waals surface area contributed by atoms with Gasteiger partial charge >= 0.3 is 0 Å². The van der Waals surface area contributed by atoms with Gasteiger partial charge in [0.1, 0.15) is 0 Å². The Labute approximate surface area is 153 Å². The van der Waals surface area contributed by atoms with E-state index in [1.165, 1.54) is 12.5 Å². The zero-order valence-electron chi connectivity index (χ0n) is 14.4. The highest BCUT2D eigenvalue weighted by Gasteiger charge is 2.13. The summed E-state index contributed by atoms with van der Waals surface area (Å²) < 4.78 is 0. The molecule has 132 valence electrons. The van der Waals surface area contributed by atoms with E-state index in [-0.39, 0.29) is 18.2 Å². The van der Waals surface area contributed by atoms with Crippen molar-refractivity contribution in [2.45, 2.75) is 26.3 Å². The van der Waals surface area contributed by atoms with Gasteiger partial charge in [-0.3, -0.25) is 9.59 Å². The lowest BCUT2D eigenvalue weighted by atomic mass is 10.1. The van der Waals surface area contributed by atoms with E-state index < -0.39 is 0 Å². The molecule has 0 saturated carbocycles. The number of halogens is 1. The van der Waals surface area contributed by atoms with Gasteiger partial charge in [0.05, 0.1) is 0 Å². The lowest BCUT2D eigenvalue weighted by molar-refractivity contribution is -0.130. The van der Waals surface area contributed by atoms with Gasteiger partial charge in [-0.1, -0.05) is 60.1 Å². The zero-order chi connectivity index (χ0) is 18.1. The van der Waals surface area contributed by atoms with Crippen LogP contribution in [-0.4, -0.2) is 29.8 Å². The number of nitrogens with zero attached hydrogens (tertiary/aromatic N) is 1. The molecule has 0 radical (unpaired) electrons. The smallest absolute Gasteiger partial charge is 0.221 e. The van der Waals surface area contributed by atoms with Crippen molar-refractivity contribution in [3.63, 3.8) is 0 Å². The first-order valence-electron chi connectivity index (χ1n) is 8.36. The molecule has 4 nitrogen and oxygen atoms in total. The molecular formula is C20H23ClN2O2. The van der Waals surface area contributed by atoms with E-state index >= 15 is 0 Å². The number of hydrogen-bond acceptors (Lipinski definition) is 2. The average molecular weight is 359 g/mol. The van der Waals surface area contributed by atoms with Crippen molar-refractivity contribution in [1.82, 2.24) is 10.2 Å². The fraction of sp³-hybridized carbons (Fsp3) is 0.300. The second kappa shape index (κ2) is 9.84. The Morgan fingerprint density at radius 3 is 2.40 bits per heavy atom. The third kappa shape index (κ3) is 6.59. The van der Waals surface area contributed by atoms with Crippen molar-refractivity contribution in [3.05, 3.63) is 70.7 Å². The van der Waals surface area contributed by atoms with Crippen LogP contribution < -0.4 is 5.32 Å². The predicted octanol–water partition coefficient (Wildman–Crippen LogP) is 3.44. The molecule has 0 unspecified atom stereocenters. The van der Waals surface area contributed by atoms with E-state index in [9.17, 15) is 9.59 Å². The summed E-state index contributed by atoms with van der Waals surface area (Å²) in [5, 5.41) is 3.52. The second-order valence-electron chi connectivity index (χ2n) is 5.87. The monoisotopic (exact) mass is 358 g/mol. The maximum absolute atomic E-state index is 12.0. The number of benzene rings is 2. The van der Waals surface area contributed by atoms with Crippen LogP contribution in [0.15, 0.2) is 54.6 Å². The fourth-order valence-electron chi connectivity index (χ4n) is 2.50. The lowest BCUT2D eigenvalue weighted by Crippen LogP contribution is -2.34. The summed E-state index contributed by atoms with van der Waals surface area (Å²) in [5.41, 5.74) is 2.07. The molecule has 0 aliphatic rings. The van der Waals surface area contributed by atoms with Gasteiger partial charge in [-0.05, 0) is 23.6 Å². The molecular weight excluding hydrogens is 336 g/mol. The molecule has 0 saturated heterocycles. The molecule has 0 heterocycles. The van der Waals surface area contributed by atoms with E-state index in [0.717, 1.165) is 12.0 Å². The quantitative estimate of drug-likeness (QED) is 0.785. The summed E-state index contributed by atoms with van der Waals surface area (Å²) in [6.07, 6.45) is 1.07. The van der Waals surface area contributed by atoms with Gasteiger partial charge in [0.25, 0.3) is 0 Å². The first kappa shape index (κ1) is 19.0. The number of nitrogens with one attached hydrogen (secondary N) is 1. The van der Waals surface area contributed by atoms with Crippen LogP contribution >= 0.6 is 11.6 Å². The molecule has 1 N–H and O–H groups in total.